The highest BCUT2D eigenvalue weighted by molar-refractivity contribution is 14.1. The molecule has 76 valence electrons. The van der Waals surface area contributed by atoms with Gasteiger partial charge < -0.3 is 5.11 Å². The van der Waals surface area contributed by atoms with E-state index in [1.165, 1.54) is 9.13 Å². The molecule has 2 atom stereocenters. The summed E-state index contributed by atoms with van der Waals surface area (Å²) < 4.78 is 1.27. The number of benzene rings is 1. The normalized spacial score (nSPS) is 26.7. The van der Waals surface area contributed by atoms with Gasteiger partial charge in [-0.05, 0) is 58.4 Å². The van der Waals surface area contributed by atoms with Gasteiger partial charge in [0.2, 0.25) is 0 Å². The van der Waals surface area contributed by atoms with Crippen LogP contribution in [0.25, 0.3) is 0 Å². The van der Waals surface area contributed by atoms with Gasteiger partial charge in [0.15, 0.2) is 0 Å². The van der Waals surface area contributed by atoms with Gasteiger partial charge in [0.05, 0.1) is 6.10 Å². The predicted molar refractivity (Wildman–Crippen MR) is 69.7 cm³/mol. The van der Waals surface area contributed by atoms with Crippen LogP contribution < -0.4 is 0 Å². The van der Waals surface area contributed by atoms with Crippen molar-refractivity contribution >= 4 is 34.4 Å². The van der Waals surface area contributed by atoms with E-state index in [1.807, 2.05) is 11.8 Å². The Kier molecular flexibility index (Phi) is 3.73. The van der Waals surface area contributed by atoms with E-state index in [2.05, 4.69) is 46.9 Å². The molecule has 0 saturated carbocycles. The first-order valence-electron chi connectivity index (χ1n) is 4.76. The SMILES string of the molecule is OC1CSCC1Cc1ccc(I)cc1. The van der Waals surface area contributed by atoms with Crippen LogP contribution in [-0.4, -0.2) is 22.7 Å². The fourth-order valence-electron chi connectivity index (χ4n) is 1.71. The highest BCUT2D eigenvalue weighted by atomic mass is 127. The number of hydrogen-bond acceptors (Lipinski definition) is 2. The van der Waals surface area contributed by atoms with Crippen LogP contribution in [-0.2, 0) is 6.42 Å². The number of hydrogen-bond donors (Lipinski definition) is 1. The van der Waals surface area contributed by atoms with Crippen LogP contribution in [0.5, 0.6) is 0 Å². The van der Waals surface area contributed by atoms with Crippen LogP contribution in [0.15, 0.2) is 24.3 Å². The predicted octanol–water partition coefficient (Wildman–Crippen LogP) is 2.56. The van der Waals surface area contributed by atoms with Crippen molar-refractivity contribution in [1.29, 1.82) is 0 Å². The molecule has 1 aliphatic heterocycles. The summed E-state index contributed by atoms with van der Waals surface area (Å²) in [6.07, 6.45) is 0.921. The smallest absolute Gasteiger partial charge is 0.0669 e. The van der Waals surface area contributed by atoms with E-state index in [0.29, 0.717) is 5.92 Å². The van der Waals surface area contributed by atoms with Gasteiger partial charge >= 0.3 is 0 Å². The largest absolute Gasteiger partial charge is 0.392 e. The molecule has 0 aromatic heterocycles. The molecule has 14 heavy (non-hydrogen) atoms. The molecule has 0 amide bonds. The minimum atomic E-state index is -0.0979. The second-order valence-electron chi connectivity index (χ2n) is 3.70. The minimum Gasteiger partial charge on any atom is -0.392 e. The Hall–Kier alpha value is 0.260. The molecule has 2 unspecified atom stereocenters. The molecule has 0 spiro atoms. The van der Waals surface area contributed by atoms with Gasteiger partial charge in [0.1, 0.15) is 0 Å². The zero-order valence-electron chi connectivity index (χ0n) is 7.82. The summed E-state index contributed by atoms with van der Waals surface area (Å²) >= 11 is 4.17. The minimum absolute atomic E-state index is 0.0979. The maximum Gasteiger partial charge on any atom is 0.0669 e. The summed E-state index contributed by atoms with van der Waals surface area (Å²) in [5.74, 6) is 2.47. The van der Waals surface area contributed by atoms with Crippen LogP contribution in [0, 0.1) is 9.49 Å². The van der Waals surface area contributed by atoms with Crippen molar-refractivity contribution in [2.24, 2.45) is 5.92 Å². The highest BCUT2D eigenvalue weighted by Crippen LogP contribution is 2.27. The monoisotopic (exact) mass is 320 g/mol. The topological polar surface area (TPSA) is 20.2 Å². The van der Waals surface area contributed by atoms with Gasteiger partial charge in [-0.3, -0.25) is 0 Å². The quantitative estimate of drug-likeness (QED) is 0.845. The highest BCUT2D eigenvalue weighted by Gasteiger charge is 2.25. The molecule has 2 rings (SSSR count). The van der Waals surface area contributed by atoms with Crippen molar-refractivity contribution in [3.8, 4) is 0 Å². The van der Waals surface area contributed by atoms with Crippen LogP contribution in [0.2, 0.25) is 0 Å². The second kappa shape index (κ2) is 4.86. The Labute approximate surface area is 102 Å². The van der Waals surface area contributed by atoms with Crippen LogP contribution in [0.1, 0.15) is 5.56 Å². The number of aliphatic hydroxyl groups excluding tert-OH is 1. The molecule has 1 nitrogen and oxygen atoms in total. The molecular formula is C11H13IOS. The number of thioether (sulfide) groups is 1. The van der Waals surface area contributed by atoms with E-state index < -0.39 is 0 Å². The summed E-state index contributed by atoms with van der Waals surface area (Å²) in [4.78, 5) is 0. The lowest BCUT2D eigenvalue weighted by Crippen LogP contribution is -2.19. The van der Waals surface area contributed by atoms with Crippen LogP contribution in [0.3, 0.4) is 0 Å². The van der Waals surface area contributed by atoms with E-state index in [1.54, 1.807) is 0 Å². The summed E-state index contributed by atoms with van der Waals surface area (Å²) in [7, 11) is 0. The van der Waals surface area contributed by atoms with E-state index in [4.69, 9.17) is 0 Å². The molecule has 1 N–H and O–H groups in total. The lowest BCUT2D eigenvalue weighted by Gasteiger charge is -2.13. The van der Waals surface area contributed by atoms with E-state index >= 15 is 0 Å². The Bertz CT molecular complexity index is 299. The molecule has 3 heteroatoms. The fourth-order valence-corrected chi connectivity index (χ4v) is 3.36. The first-order chi connectivity index (χ1) is 6.75. The van der Waals surface area contributed by atoms with Crippen molar-refractivity contribution in [1.82, 2.24) is 0 Å². The van der Waals surface area contributed by atoms with Gasteiger partial charge in [-0.15, -0.1) is 0 Å². The van der Waals surface area contributed by atoms with Crippen molar-refractivity contribution in [3.63, 3.8) is 0 Å². The molecule has 1 saturated heterocycles. The van der Waals surface area contributed by atoms with E-state index in [9.17, 15) is 5.11 Å². The molecule has 1 aromatic rings. The van der Waals surface area contributed by atoms with Gasteiger partial charge in [-0.25, -0.2) is 0 Å². The average Bonchev–Trinajstić information content (AvgIpc) is 2.56. The molecule has 0 radical (unpaired) electrons. The Morgan fingerprint density at radius 2 is 2.00 bits per heavy atom. The lowest BCUT2D eigenvalue weighted by molar-refractivity contribution is 0.150. The molecule has 0 aliphatic carbocycles. The number of rotatable bonds is 2. The maximum absolute atomic E-state index is 9.68. The molecule has 1 aliphatic rings. The fraction of sp³-hybridized carbons (Fsp3) is 0.455. The average molecular weight is 320 g/mol. The Balaban J connectivity index is 2.00. The number of halogens is 1. The molecule has 1 fully saturated rings. The molecule has 1 heterocycles. The van der Waals surface area contributed by atoms with E-state index in [0.717, 1.165) is 17.9 Å². The third-order valence-electron chi connectivity index (χ3n) is 2.58. The first kappa shape index (κ1) is 10.8. The Morgan fingerprint density at radius 1 is 1.29 bits per heavy atom. The second-order valence-corrected chi connectivity index (χ2v) is 6.02. The molecule has 1 aromatic carbocycles. The van der Waals surface area contributed by atoms with Gasteiger partial charge in [0, 0.05) is 9.32 Å². The third-order valence-corrected chi connectivity index (χ3v) is 4.54. The van der Waals surface area contributed by atoms with Crippen molar-refractivity contribution in [2.45, 2.75) is 12.5 Å². The van der Waals surface area contributed by atoms with Crippen molar-refractivity contribution < 1.29 is 5.11 Å². The third kappa shape index (κ3) is 2.64. The zero-order valence-corrected chi connectivity index (χ0v) is 10.8. The Morgan fingerprint density at radius 3 is 2.57 bits per heavy atom. The summed E-state index contributed by atoms with van der Waals surface area (Å²) in [5, 5.41) is 9.68. The molecular weight excluding hydrogens is 307 g/mol. The van der Waals surface area contributed by atoms with Gasteiger partial charge in [-0.2, -0.15) is 11.8 Å². The standard InChI is InChI=1S/C11H13IOS/c12-10-3-1-8(2-4-10)5-9-6-14-7-11(9)13/h1-4,9,11,13H,5-7H2. The summed E-state index contributed by atoms with van der Waals surface area (Å²) in [6.45, 7) is 0. The number of aliphatic hydroxyl groups is 1. The van der Waals surface area contributed by atoms with Crippen molar-refractivity contribution in [3.05, 3.63) is 33.4 Å². The molecule has 0 bridgehead atoms. The van der Waals surface area contributed by atoms with Gasteiger partial charge in [0.25, 0.3) is 0 Å². The first-order valence-corrected chi connectivity index (χ1v) is 6.99. The maximum atomic E-state index is 9.68. The van der Waals surface area contributed by atoms with Crippen LogP contribution >= 0.6 is 34.4 Å². The van der Waals surface area contributed by atoms with E-state index in [-0.39, 0.29) is 6.10 Å². The van der Waals surface area contributed by atoms with Gasteiger partial charge in [-0.1, -0.05) is 12.1 Å². The van der Waals surface area contributed by atoms with Crippen molar-refractivity contribution in [2.75, 3.05) is 11.5 Å². The zero-order chi connectivity index (χ0) is 9.97. The summed E-state index contributed by atoms with van der Waals surface area (Å²) in [5.41, 5.74) is 1.34. The van der Waals surface area contributed by atoms with Crippen LogP contribution in [0.4, 0.5) is 0 Å². The summed E-state index contributed by atoms with van der Waals surface area (Å²) in [6, 6.07) is 8.59. The lowest BCUT2D eigenvalue weighted by atomic mass is 9.97.